The van der Waals surface area contributed by atoms with Crippen molar-refractivity contribution >= 4 is 57.4 Å². The molecule has 0 fully saturated rings. The molecule has 1 aliphatic heterocycles. The number of rotatable bonds is 4. The van der Waals surface area contributed by atoms with Crippen molar-refractivity contribution in [3.8, 4) is 0 Å². The van der Waals surface area contributed by atoms with Crippen molar-refractivity contribution in [1.29, 1.82) is 0 Å². The smallest absolute Gasteiger partial charge is 0.410 e. The van der Waals surface area contributed by atoms with Gasteiger partial charge in [0.15, 0.2) is 0 Å². The monoisotopic (exact) mass is 441 g/mol. The minimum Gasteiger partial charge on any atom is -0.450 e. The highest BCUT2D eigenvalue weighted by Crippen LogP contribution is 2.37. The Balaban J connectivity index is 1.89. The summed E-state index contributed by atoms with van der Waals surface area (Å²) in [7, 11) is 0. The number of benzene rings is 1. The molecule has 28 heavy (non-hydrogen) atoms. The summed E-state index contributed by atoms with van der Waals surface area (Å²) >= 11 is 13.2. The van der Waals surface area contributed by atoms with Gasteiger partial charge in [0.25, 0.3) is 11.8 Å². The lowest BCUT2D eigenvalue weighted by Gasteiger charge is -2.26. The van der Waals surface area contributed by atoms with E-state index in [-0.39, 0.29) is 29.3 Å². The fourth-order valence-electron chi connectivity index (χ4n) is 2.97. The summed E-state index contributed by atoms with van der Waals surface area (Å²) in [6.45, 7) is 2.71. The first-order valence-electron chi connectivity index (χ1n) is 8.44. The van der Waals surface area contributed by atoms with Crippen LogP contribution in [0.15, 0.2) is 18.2 Å². The number of hydrogen-bond acceptors (Lipinski definition) is 5. The second-order valence-electron chi connectivity index (χ2n) is 6.02. The summed E-state index contributed by atoms with van der Waals surface area (Å²) < 4.78 is 5.03. The van der Waals surface area contributed by atoms with Gasteiger partial charge in [-0.05, 0) is 37.1 Å². The van der Waals surface area contributed by atoms with Crippen LogP contribution >= 0.6 is 34.5 Å². The van der Waals surface area contributed by atoms with E-state index in [9.17, 15) is 14.4 Å². The summed E-state index contributed by atoms with van der Waals surface area (Å²) in [4.78, 5) is 39.0. The third kappa shape index (κ3) is 4.09. The van der Waals surface area contributed by atoms with E-state index in [1.807, 2.05) is 0 Å². The highest BCUT2D eigenvalue weighted by atomic mass is 35.5. The topological polar surface area (TPSA) is 102 Å². The van der Waals surface area contributed by atoms with Crippen LogP contribution in [0.4, 0.5) is 9.80 Å². The molecule has 1 aliphatic rings. The zero-order chi connectivity index (χ0) is 20.4. The number of amides is 3. The molecule has 10 heteroatoms. The van der Waals surface area contributed by atoms with E-state index in [1.54, 1.807) is 17.9 Å². The van der Waals surface area contributed by atoms with Crippen LogP contribution in [-0.2, 0) is 17.7 Å². The molecule has 7 nitrogen and oxygen atoms in total. The quantitative estimate of drug-likeness (QED) is 0.749. The SMILES string of the molecule is CCOC(=O)N1CCc2c(sc(NC(=O)c3ccc(Cl)cc3Cl)c2C(N)=O)C1. The zero-order valence-corrected chi connectivity index (χ0v) is 17.2. The van der Waals surface area contributed by atoms with Gasteiger partial charge in [-0.3, -0.25) is 9.59 Å². The lowest BCUT2D eigenvalue weighted by atomic mass is 10.0. The van der Waals surface area contributed by atoms with Gasteiger partial charge in [0.1, 0.15) is 5.00 Å². The van der Waals surface area contributed by atoms with E-state index in [2.05, 4.69) is 5.32 Å². The van der Waals surface area contributed by atoms with Crippen molar-refractivity contribution in [2.45, 2.75) is 19.9 Å². The highest BCUT2D eigenvalue weighted by molar-refractivity contribution is 7.17. The average Bonchev–Trinajstić information content (AvgIpc) is 2.98. The number of ether oxygens (including phenoxy) is 1. The second kappa shape index (κ2) is 8.38. The molecule has 1 aromatic heterocycles. The van der Waals surface area contributed by atoms with Gasteiger partial charge >= 0.3 is 6.09 Å². The lowest BCUT2D eigenvalue weighted by molar-refractivity contribution is 0.0997. The van der Waals surface area contributed by atoms with E-state index in [4.69, 9.17) is 33.7 Å². The number of primary amides is 1. The minimum atomic E-state index is -0.639. The maximum atomic E-state index is 12.6. The van der Waals surface area contributed by atoms with E-state index in [0.717, 1.165) is 10.4 Å². The zero-order valence-electron chi connectivity index (χ0n) is 14.9. The summed E-state index contributed by atoms with van der Waals surface area (Å²) in [5, 5.41) is 3.65. The van der Waals surface area contributed by atoms with Gasteiger partial charge in [-0.25, -0.2) is 4.79 Å². The number of anilines is 1. The number of hydrogen-bond donors (Lipinski definition) is 2. The number of thiophene rings is 1. The number of carbonyl (C=O) groups excluding carboxylic acids is 3. The van der Waals surface area contributed by atoms with Crippen molar-refractivity contribution in [1.82, 2.24) is 4.90 Å². The molecule has 0 bridgehead atoms. The fourth-order valence-corrected chi connectivity index (χ4v) is 4.72. The number of nitrogens with one attached hydrogen (secondary N) is 1. The first kappa shape index (κ1) is 20.4. The lowest BCUT2D eigenvalue weighted by Crippen LogP contribution is -2.36. The van der Waals surface area contributed by atoms with Crippen molar-refractivity contribution in [3.63, 3.8) is 0 Å². The Kier molecular flexibility index (Phi) is 6.12. The predicted octanol–water partition coefficient (Wildman–Crippen LogP) is 3.92. The molecule has 2 aromatic rings. The van der Waals surface area contributed by atoms with Crippen molar-refractivity contribution in [2.24, 2.45) is 5.73 Å². The van der Waals surface area contributed by atoms with Crippen LogP contribution in [0.5, 0.6) is 0 Å². The number of nitrogens with two attached hydrogens (primary N) is 1. The maximum Gasteiger partial charge on any atom is 0.410 e. The van der Waals surface area contributed by atoms with E-state index in [1.165, 1.54) is 23.5 Å². The Morgan fingerprint density at radius 3 is 2.71 bits per heavy atom. The molecule has 2 heterocycles. The Bertz CT molecular complexity index is 961. The van der Waals surface area contributed by atoms with Crippen LogP contribution in [0, 0.1) is 0 Å². The van der Waals surface area contributed by atoms with E-state index < -0.39 is 17.9 Å². The van der Waals surface area contributed by atoms with Gasteiger partial charge in [-0.1, -0.05) is 23.2 Å². The Labute approximate surface area is 175 Å². The highest BCUT2D eigenvalue weighted by Gasteiger charge is 2.30. The molecular formula is C18H17Cl2N3O4S. The van der Waals surface area contributed by atoms with Gasteiger partial charge in [-0.15, -0.1) is 11.3 Å². The average molecular weight is 442 g/mol. The Hall–Kier alpha value is -2.29. The van der Waals surface area contributed by atoms with Crippen LogP contribution < -0.4 is 11.1 Å². The van der Waals surface area contributed by atoms with Crippen LogP contribution in [0.3, 0.4) is 0 Å². The summed E-state index contributed by atoms with van der Waals surface area (Å²) in [5.74, 6) is -1.12. The molecule has 0 atom stereocenters. The van der Waals surface area contributed by atoms with Gasteiger partial charge in [0, 0.05) is 16.4 Å². The normalized spacial score (nSPS) is 13.0. The molecule has 148 valence electrons. The standard InChI is InChI=1S/C18H17Cl2N3O4S/c1-2-27-18(26)23-6-5-11-13(8-23)28-17(14(11)15(21)24)22-16(25)10-4-3-9(19)7-12(10)20/h3-4,7H,2,5-6,8H2,1H3,(H2,21,24)(H,22,25). The van der Waals surface area contributed by atoms with Crippen LogP contribution in [0.2, 0.25) is 10.0 Å². The summed E-state index contributed by atoms with van der Waals surface area (Å²) in [6.07, 6.45) is 0.0289. The number of fused-ring (bicyclic) bond motifs is 1. The molecule has 3 amide bonds. The van der Waals surface area contributed by atoms with Gasteiger partial charge in [0.05, 0.1) is 29.3 Å². The molecule has 0 spiro atoms. The van der Waals surface area contributed by atoms with Crippen molar-refractivity contribution in [3.05, 3.63) is 49.8 Å². The molecule has 3 N–H and O–H groups in total. The van der Waals surface area contributed by atoms with Crippen LogP contribution in [0.1, 0.15) is 38.1 Å². The van der Waals surface area contributed by atoms with Crippen LogP contribution in [-0.4, -0.2) is 36.0 Å². The molecule has 3 rings (SSSR count). The Morgan fingerprint density at radius 1 is 1.32 bits per heavy atom. The molecule has 0 radical (unpaired) electrons. The summed E-state index contributed by atoms with van der Waals surface area (Å²) in [6, 6.07) is 4.51. The predicted molar refractivity (Wildman–Crippen MR) is 108 cm³/mol. The first-order valence-corrected chi connectivity index (χ1v) is 10.0. The number of halogens is 2. The molecule has 0 unspecified atom stereocenters. The van der Waals surface area contributed by atoms with Crippen molar-refractivity contribution in [2.75, 3.05) is 18.5 Å². The molecule has 0 saturated carbocycles. The third-order valence-electron chi connectivity index (χ3n) is 4.23. The minimum absolute atomic E-state index is 0.195. The van der Waals surface area contributed by atoms with Gasteiger partial charge < -0.3 is 20.7 Å². The number of carbonyl (C=O) groups is 3. The molecular weight excluding hydrogens is 425 g/mol. The van der Waals surface area contributed by atoms with Crippen molar-refractivity contribution < 1.29 is 19.1 Å². The molecule has 0 aliphatic carbocycles. The van der Waals surface area contributed by atoms with E-state index in [0.29, 0.717) is 23.0 Å². The first-order chi connectivity index (χ1) is 13.3. The van der Waals surface area contributed by atoms with Gasteiger partial charge in [0.2, 0.25) is 0 Å². The van der Waals surface area contributed by atoms with Crippen LogP contribution in [0.25, 0.3) is 0 Å². The van der Waals surface area contributed by atoms with Gasteiger partial charge in [-0.2, -0.15) is 0 Å². The largest absolute Gasteiger partial charge is 0.450 e. The molecule has 0 saturated heterocycles. The summed E-state index contributed by atoms with van der Waals surface area (Å²) in [5.41, 5.74) is 6.79. The second-order valence-corrected chi connectivity index (χ2v) is 7.97. The number of nitrogens with zero attached hydrogens (tertiary/aromatic N) is 1. The third-order valence-corrected chi connectivity index (χ3v) is 5.91. The van der Waals surface area contributed by atoms with E-state index >= 15 is 0 Å². The maximum absolute atomic E-state index is 12.6. The fraction of sp³-hybridized carbons (Fsp3) is 0.278. The molecule has 1 aromatic carbocycles. The Morgan fingerprint density at radius 2 is 2.07 bits per heavy atom.